The summed E-state index contributed by atoms with van der Waals surface area (Å²) >= 11 is 0. The van der Waals surface area contributed by atoms with Crippen molar-refractivity contribution >= 4 is 0 Å². The number of rotatable bonds is 2. The highest BCUT2D eigenvalue weighted by Gasteiger charge is 2.20. The Kier molecular flexibility index (Phi) is 2.71. The van der Waals surface area contributed by atoms with Gasteiger partial charge in [0, 0.05) is 7.05 Å². The zero-order valence-electron chi connectivity index (χ0n) is 8.65. The minimum atomic E-state index is -0.472. The molecule has 74 valence electrons. The lowest BCUT2D eigenvalue weighted by Crippen LogP contribution is -2.14. The third-order valence-corrected chi connectivity index (χ3v) is 1.90. The first-order valence-electron chi connectivity index (χ1n) is 4.43. The van der Waals surface area contributed by atoms with Crippen molar-refractivity contribution in [2.24, 2.45) is 12.5 Å². The summed E-state index contributed by atoms with van der Waals surface area (Å²) in [6, 6.07) is 0. The van der Waals surface area contributed by atoms with Gasteiger partial charge in [0.25, 0.3) is 0 Å². The topological polar surface area (TPSA) is 50.9 Å². The van der Waals surface area contributed by atoms with E-state index in [0.717, 1.165) is 5.69 Å². The van der Waals surface area contributed by atoms with Crippen molar-refractivity contribution in [3.8, 4) is 0 Å². The Hall–Kier alpha value is -0.900. The summed E-state index contributed by atoms with van der Waals surface area (Å²) in [5, 5.41) is 17.3. The van der Waals surface area contributed by atoms with Crippen LogP contribution in [0.15, 0.2) is 6.20 Å². The van der Waals surface area contributed by atoms with Gasteiger partial charge in [-0.3, -0.25) is 0 Å². The predicted octanol–water partition coefficient (Wildman–Crippen LogP) is 1.28. The van der Waals surface area contributed by atoms with E-state index < -0.39 is 6.10 Å². The summed E-state index contributed by atoms with van der Waals surface area (Å²) in [5.74, 6) is 0. The normalized spacial score (nSPS) is 14.5. The predicted molar refractivity (Wildman–Crippen MR) is 50.0 cm³/mol. The SMILES string of the molecule is Cn1nncc1C(O)CC(C)(C)C. The molecule has 0 saturated heterocycles. The molecule has 0 aliphatic carbocycles. The molecular formula is C9H17N3O. The molecule has 0 aliphatic rings. The van der Waals surface area contributed by atoms with Crippen LogP contribution >= 0.6 is 0 Å². The molecule has 0 radical (unpaired) electrons. The number of aliphatic hydroxyl groups is 1. The summed E-state index contributed by atoms with van der Waals surface area (Å²) in [5.41, 5.74) is 0.888. The van der Waals surface area contributed by atoms with Gasteiger partial charge in [-0.1, -0.05) is 26.0 Å². The van der Waals surface area contributed by atoms with Gasteiger partial charge < -0.3 is 5.11 Å². The van der Waals surface area contributed by atoms with Gasteiger partial charge >= 0.3 is 0 Å². The Morgan fingerprint density at radius 3 is 2.54 bits per heavy atom. The van der Waals surface area contributed by atoms with Crippen molar-refractivity contribution in [2.75, 3.05) is 0 Å². The van der Waals surface area contributed by atoms with Crippen molar-refractivity contribution in [3.05, 3.63) is 11.9 Å². The van der Waals surface area contributed by atoms with Crippen LogP contribution < -0.4 is 0 Å². The number of hydrogen-bond acceptors (Lipinski definition) is 3. The van der Waals surface area contributed by atoms with E-state index in [1.165, 1.54) is 0 Å². The van der Waals surface area contributed by atoms with Crippen LogP contribution in [-0.2, 0) is 7.05 Å². The molecule has 0 spiro atoms. The number of aromatic nitrogens is 3. The first kappa shape index (κ1) is 10.2. The summed E-state index contributed by atoms with van der Waals surface area (Å²) in [6.45, 7) is 6.29. The van der Waals surface area contributed by atoms with Gasteiger partial charge in [-0.05, 0) is 11.8 Å². The Morgan fingerprint density at radius 2 is 2.15 bits per heavy atom. The number of aryl methyl sites for hydroxylation is 1. The van der Waals surface area contributed by atoms with Gasteiger partial charge in [0.05, 0.1) is 18.0 Å². The summed E-state index contributed by atoms with van der Waals surface area (Å²) in [7, 11) is 1.79. The fourth-order valence-electron chi connectivity index (χ4n) is 1.28. The maximum atomic E-state index is 9.83. The maximum Gasteiger partial charge on any atom is 0.0977 e. The molecule has 1 aromatic heterocycles. The average Bonchev–Trinajstić information content (AvgIpc) is 2.30. The summed E-state index contributed by atoms with van der Waals surface area (Å²) < 4.78 is 1.61. The van der Waals surface area contributed by atoms with Gasteiger partial charge in [0.1, 0.15) is 0 Å². The second-order valence-electron chi connectivity index (χ2n) is 4.56. The quantitative estimate of drug-likeness (QED) is 0.751. The average molecular weight is 183 g/mol. The molecular weight excluding hydrogens is 166 g/mol. The molecule has 0 amide bonds. The molecule has 4 heteroatoms. The maximum absolute atomic E-state index is 9.83. The standard InChI is InChI=1S/C9H17N3O/c1-9(2,3)5-8(13)7-6-10-11-12(7)4/h6,8,13H,5H2,1-4H3. The van der Waals surface area contributed by atoms with Gasteiger partial charge in [-0.15, -0.1) is 5.10 Å². The molecule has 4 nitrogen and oxygen atoms in total. The first-order valence-corrected chi connectivity index (χ1v) is 4.43. The Morgan fingerprint density at radius 1 is 1.54 bits per heavy atom. The fraction of sp³-hybridized carbons (Fsp3) is 0.778. The molecule has 1 unspecified atom stereocenters. The van der Waals surface area contributed by atoms with Gasteiger partial charge in [-0.25, -0.2) is 4.68 Å². The van der Waals surface area contributed by atoms with Crippen LogP contribution in [0.1, 0.15) is 39.0 Å². The minimum Gasteiger partial charge on any atom is -0.387 e. The Bertz CT molecular complexity index is 275. The lowest BCUT2D eigenvalue weighted by molar-refractivity contribution is 0.114. The second kappa shape index (κ2) is 3.46. The van der Waals surface area contributed by atoms with E-state index in [4.69, 9.17) is 0 Å². The largest absolute Gasteiger partial charge is 0.387 e. The van der Waals surface area contributed by atoms with Crippen LogP contribution in [0.5, 0.6) is 0 Å². The monoisotopic (exact) mass is 183 g/mol. The van der Waals surface area contributed by atoms with E-state index in [9.17, 15) is 5.11 Å². The molecule has 0 saturated carbocycles. The van der Waals surface area contributed by atoms with Crippen LogP contribution in [0.2, 0.25) is 0 Å². The number of hydrogen-bond donors (Lipinski definition) is 1. The van der Waals surface area contributed by atoms with E-state index in [0.29, 0.717) is 6.42 Å². The van der Waals surface area contributed by atoms with Crippen LogP contribution in [0.3, 0.4) is 0 Å². The van der Waals surface area contributed by atoms with Crippen molar-refractivity contribution in [2.45, 2.75) is 33.3 Å². The summed E-state index contributed by atoms with van der Waals surface area (Å²) in [6.07, 6.45) is 1.85. The van der Waals surface area contributed by atoms with Crippen molar-refractivity contribution in [1.29, 1.82) is 0 Å². The van der Waals surface area contributed by atoms with Gasteiger partial charge in [0.15, 0.2) is 0 Å². The van der Waals surface area contributed by atoms with E-state index in [1.807, 2.05) is 0 Å². The molecule has 1 aromatic rings. The molecule has 1 atom stereocenters. The Labute approximate surface area is 78.6 Å². The summed E-state index contributed by atoms with van der Waals surface area (Å²) in [4.78, 5) is 0. The zero-order chi connectivity index (χ0) is 10.1. The molecule has 1 N–H and O–H groups in total. The Balaban J connectivity index is 2.69. The second-order valence-corrected chi connectivity index (χ2v) is 4.56. The van der Waals surface area contributed by atoms with Crippen molar-refractivity contribution in [3.63, 3.8) is 0 Å². The van der Waals surface area contributed by atoms with Crippen LogP contribution in [0.4, 0.5) is 0 Å². The van der Waals surface area contributed by atoms with Crippen molar-refractivity contribution in [1.82, 2.24) is 15.0 Å². The first-order chi connectivity index (χ1) is 5.90. The fourth-order valence-corrected chi connectivity index (χ4v) is 1.28. The van der Waals surface area contributed by atoms with Crippen molar-refractivity contribution < 1.29 is 5.11 Å². The number of aliphatic hydroxyl groups excluding tert-OH is 1. The van der Waals surface area contributed by atoms with E-state index >= 15 is 0 Å². The minimum absolute atomic E-state index is 0.115. The number of nitrogens with zero attached hydrogens (tertiary/aromatic N) is 3. The van der Waals surface area contributed by atoms with E-state index in [-0.39, 0.29) is 5.41 Å². The molecule has 0 aromatic carbocycles. The van der Waals surface area contributed by atoms with Gasteiger partial charge in [0.2, 0.25) is 0 Å². The van der Waals surface area contributed by atoms with Crippen LogP contribution in [0.25, 0.3) is 0 Å². The lowest BCUT2D eigenvalue weighted by atomic mass is 9.88. The zero-order valence-corrected chi connectivity index (χ0v) is 8.65. The lowest BCUT2D eigenvalue weighted by Gasteiger charge is -2.21. The third kappa shape index (κ3) is 2.81. The van der Waals surface area contributed by atoms with Crippen LogP contribution in [-0.4, -0.2) is 20.1 Å². The molecule has 13 heavy (non-hydrogen) atoms. The van der Waals surface area contributed by atoms with Crippen LogP contribution in [0, 0.1) is 5.41 Å². The highest BCUT2D eigenvalue weighted by Crippen LogP contribution is 2.28. The van der Waals surface area contributed by atoms with Gasteiger partial charge in [-0.2, -0.15) is 0 Å². The molecule has 0 aliphatic heterocycles. The highest BCUT2D eigenvalue weighted by molar-refractivity contribution is 4.99. The smallest absolute Gasteiger partial charge is 0.0977 e. The van der Waals surface area contributed by atoms with E-state index in [2.05, 4.69) is 31.1 Å². The molecule has 1 heterocycles. The molecule has 1 rings (SSSR count). The highest BCUT2D eigenvalue weighted by atomic mass is 16.3. The van der Waals surface area contributed by atoms with E-state index in [1.54, 1.807) is 17.9 Å². The molecule has 0 bridgehead atoms. The molecule has 0 fully saturated rings. The third-order valence-electron chi connectivity index (χ3n) is 1.90.